The zero-order valence-electron chi connectivity index (χ0n) is 12.6. The van der Waals surface area contributed by atoms with Crippen molar-refractivity contribution in [2.75, 3.05) is 0 Å². The fraction of sp³-hybridized carbons (Fsp3) is 0.500. The highest BCUT2D eigenvalue weighted by Crippen LogP contribution is 2.04. The maximum Gasteiger partial charge on any atom is 0.327 e. The molecular formula is C18H28O2. The number of hydrogen-bond donors (Lipinski definition) is 1. The van der Waals surface area contributed by atoms with E-state index in [-0.39, 0.29) is 0 Å². The summed E-state index contributed by atoms with van der Waals surface area (Å²) < 4.78 is 0. The van der Waals surface area contributed by atoms with Crippen LogP contribution in [0.1, 0.15) is 58.3 Å². The van der Waals surface area contributed by atoms with Gasteiger partial charge in [-0.1, -0.05) is 55.9 Å². The molecule has 0 aromatic carbocycles. The molecule has 0 heterocycles. The number of aliphatic carboxylic acids is 1. The molecule has 0 atom stereocenters. The van der Waals surface area contributed by atoms with Crippen LogP contribution in [-0.2, 0) is 4.79 Å². The number of rotatable bonds is 12. The third-order valence-electron chi connectivity index (χ3n) is 2.79. The molecule has 0 radical (unpaired) electrons. The van der Waals surface area contributed by atoms with Crippen molar-refractivity contribution in [3.63, 3.8) is 0 Å². The second kappa shape index (κ2) is 15.5. The lowest BCUT2D eigenvalue weighted by atomic mass is 10.1. The Labute approximate surface area is 123 Å². The number of unbranched alkanes of at least 4 members (excludes halogenated alkanes) is 5. The van der Waals surface area contributed by atoms with Gasteiger partial charge >= 0.3 is 5.97 Å². The molecule has 1 N–H and O–H groups in total. The minimum atomic E-state index is -0.876. The Morgan fingerprint density at radius 2 is 1.40 bits per heavy atom. The van der Waals surface area contributed by atoms with Crippen molar-refractivity contribution in [1.29, 1.82) is 0 Å². The van der Waals surface area contributed by atoms with E-state index in [1.165, 1.54) is 31.8 Å². The number of hydrogen-bond acceptors (Lipinski definition) is 1. The van der Waals surface area contributed by atoms with Gasteiger partial charge in [-0.2, -0.15) is 0 Å². The summed E-state index contributed by atoms with van der Waals surface area (Å²) in [5, 5.41) is 8.40. The summed E-state index contributed by atoms with van der Waals surface area (Å²) >= 11 is 0. The predicted octanol–water partition coefficient (Wildman–Crippen LogP) is 5.44. The second-order valence-corrected chi connectivity index (χ2v) is 4.69. The second-order valence-electron chi connectivity index (χ2n) is 4.69. The quantitative estimate of drug-likeness (QED) is 0.223. The Morgan fingerprint density at radius 3 is 2.05 bits per heavy atom. The molecular weight excluding hydrogens is 248 g/mol. The topological polar surface area (TPSA) is 37.3 Å². The highest BCUT2D eigenvalue weighted by atomic mass is 16.4. The van der Waals surface area contributed by atoms with Gasteiger partial charge in [0, 0.05) is 6.08 Å². The summed E-state index contributed by atoms with van der Waals surface area (Å²) in [6, 6.07) is 0. The molecule has 0 aliphatic rings. The van der Waals surface area contributed by atoms with E-state index in [2.05, 4.69) is 37.3 Å². The molecule has 0 aliphatic heterocycles. The standard InChI is InChI=1S/C18H28O2/c1-2-3-4-5-6-7-8-9-10-11-12-13-14-15-16-17-18(19)20/h3-4,10-13,16-17H,2,5-9,14-15H2,1H3,(H,19,20)/b4-3+,11-10+,13-12+,17-16+. The van der Waals surface area contributed by atoms with Crippen LogP contribution < -0.4 is 0 Å². The van der Waals surface area contributed by atoms with Crippen LogP contribution in [0.5, 0.6) is 0 Å². The van der Waals surface area contributed by atoms with E-state index in [0.29, 0.717) is 0 Å². The largest absolute Gasteiger partial charge is 0.478 e. The predicted molar refractivity (Wildman–Crippen MR) is 86.8 cm³/mol. The van der Waals surface area contributed by atoms with Gasteiger partial charge in [0.1, 0.15) is 0 Å². The van der Waals surface area contributed by atoms with Crippen LogP contribution in [0.4, 0.5) is 0 Å². The highest BCUT2D eigenvalue weighted by molar-refractivity contribution is 5.79. The number of carbonyl (C=O) groups is 1. The van der Waals surface area contributed by atoms with Gasteiger partial charge in [-0.05, 0) is 44.9 Å². The monoisotopic (exact) mass is 276 g/mol. The van der Waals surface area contributed by atoms with Crippen LogP contribution in [-0.4, -0.2) is 11.1 Å². The Bertz CT molecular complexity index is 335. The van der Waals surface area contributed by atoms with Crippen LogP contribution >= 0.6 is 0 Å². The smallest absolute Gasteiger partial charge is 0.327 e. The zero-order chi connectivity index (χ0) is 14.9. The van der Waals surface area contributed by atoms with Crippen LogP contribution in [0.15, 0.2) is 48.6 Å². The van der Waals surface area contributed by atoms with Gasteiger partial charge in [0.2, 0.25) is 0 Å². The minimum Gasteiger partial charge on any atom is -0.478 e. The van der Waals surface area contributed by atoms with Crippen molar-refractivity contribution < 1.29 is 9.90 Å². The molecule has 20 heavy (non-hydrogen) atoms. The molecule has 0 fully saturated rings. The zero-order valence-corrected chi connectivity index (χ0v) is 12.6. The van der Waals surface area contributed by atoms with Crippen LogP contribution in [0.2, 0.25) is 0 Å². The Kier molecular flexibility index (Phi) is 14.3. The molecule has 112 valence electrons. The summed E-state index contributed by atoms with van der Waals surface area (Å²) in [5.74, 6) is -0.876. The van der Waals surface area contributed by atoms with E-state index < -0.39 is 5.97 Å². The Balaban J connectivity index is 3.34. The lowest BCUT2D eigenvalue weighted by Gasteiger charge is -1.94. The third-order valence-corrected chi connectivity index (χ3v) is 2.79. The Morgan fingerprint density at radius 1 is 0.800 bits per heavy atom. The Hall–Kier alpha value is -1.57. The minimum absolute atomic E-state index is 0.780. The number of carboxylic acid groups (broad SMARTS) is 1. The van der Waals surface area contributed by atoms with Crippen LogP contribution in [0.3, 0.4) is 0 Å². The number of carboxylic acids is 1. The molecule has 0 rings (SSSR count). The average molecular weight is 276 g/mol. The van der Waals surface area contributed by atoms with Gasteiger partial charge in [0.15, 0.2) is 0 Å². The molecule has 0 aromatic rings. The molecule has 0 bridgehead atoms. The first-order valence-corrected chi connectivity index (χ1v) is 7.63. The van der Waals surface area contributed by atoms with Gasteiger partial charge < -0.3 is 5.11 Å². The first-order valence-electron chi connectivity index (χ1n) is 7.63. The first kappa shape index (κ1) is 18.4. The van der Waals surface area contributed by atoms with Crippen molar-refractivity contribution in [3.05, 3.63) is 48.6 Å². The van der Waals surface area contributed by atoms with E-state index >= 15 is 0 Å². The van der Waals surface area contributed by atoms with E-state index in [9.17, 15) is 4.79 Å². The van der Waals surface area contributed by atoms with E-state index in [4.69, 9.17) is 5.11 Å². The normalized spacial score (nSPS) is 12.4. The summed E-state index contributed by atoms with van der Waals surface area (Å²) in [5.41, 5.74) is 0. The molecule has 0 spiro atoms. The summed E-state index contributed by atoms with van der Waals surface area (Å²) in [7, 11) is 0. The van der Waals surface area contributed by atoms with Gasteiger partial charge in [0.05, 0.1) is 0 Å². The van der Waals surface area contributed by atoms with Gasteiger partial charge in [-0.25, -0.2) is 4.79 Å². The fourth-order valence-corrected chi connectivity index (χ4v) is 1.71. The highest BCUT2D eigenvalue weighted by Gasteiger charge is 1.85. The van der Waals surface area contributed by atoms with Crippen molar-refractivity contribution in [3.8, 4) is 0 Å². The molecule has 0 unspecified atom stereocenters. The lowest BCUT2D eigenvalue weighted by Crippen LogP contribution is -1.84. The summed E-state index contributed by atoms with van der Waals surface area (Å²) in [6.45, 7) is 2.16. The molecule has 2 heteroatoms. The molecule has 0 saturated heterocycles. The SMILES string of the molecule is CC/C=C/CCCCC/C=C/C=C/CC/C=C/C(=O)O. The van der Waals surface area contributed by atoms with E-state index in [0.717, 1.165) is 25.7 Å². The summed E-state index contributed by atoms with van der Waals surface area (Å²) in [4.78, 5) is 10.2. The third kappa shape index (κ3) is 16.4. The molecule has 0 aromatic heterocycles. The maximum atomic E-state index is 10.2. The molecule has 0 aliphatic carbocycles. The molecule has 2 nitrogen and oxygen atoms in total. The van der Waals surface area contributed by atoms with Crippen molar-refractivity contribution >= 4 is 5.97 Å². The van der Waals surface area contributed by atoms with Crippen molar-refractivity contribution in [2.24, 2.45) is 0 Å². The summed E-state index contributed by atoms with van der Waals surface area (Å²) in [6.07, 6.45) is 24.8. The lowest BCUT2D eigenvalue weighted by molar-refractivity contribution is -0.131. The van der Waals surface area contributed by atoms with Gasteiger partial charge in [-0.3, -0.25) is 0 Å². The fourth-order valence-electron chi connectivity index (χ4n) is 1.71. The van der Waals surface area contributed by atoms with Gasteiger partial charge in [-0.15, -0.1) is 0 Å². The first-order chi connectivity index (χ1) is 9.77. The molecule has 0 amide bonds. The van der Waals surface area contributed by atoms with Crippen molar-refractivity contribution in [2.45, 2.75) is 58.3 Å². The van der Waals surface area contributed by atoms with Crippen LogP contribution in [0.25, 0.3) is 0 Å². The van der Waals surface area contributed by atoms with Gasteiger partial charge in [0.25, 0.3) is 0 Å². The maximum absolute atomic E-state index is 10.2. The van der Waals surface area contributed by atoms with Crippen LogP contribution in [0, 0.1) is 0 Å². The average Bonchev–Trinajstić information content (AvgIpc) is 2.43. The number of allylic oxidation sites excluding steroid dienone is 7. The van der Waals surface area contributed by atoms with E-state index in [1.807, 2.05) is 6.08 Å². The van der Waals surface area contributed by atoms with Crippen molar-refractivity contribution in [1.82, 2.24) is 0 Å². The molecule has 0 saturated carbocycles. The van der Waals surface area contributed by atoms with E-state index in [1.54, 1.807) is 6.08 Å².